The molecule has 1 fully saturated rings. The normalized spacial score (nSPS) is 18.1. The summed E-state index contributed by atoms with van der Waals surface area (Å²) in [6, 6.07) is 14.9. The van der Waals surface area contributed by atoms with Gasteiger partial charge in [-0.25, -0.2) is 13.3 Å². The van der Waals surface area contributed by atoms with E-state index < -0.39 is 27.1 Å². The molecule has 5 heteroatoms. The highest BCUT2D eigenvalue weighted by atomic mass is 32.2. The van der Waals surface area contributed by atoms with Crippen LogP contribution in [0.2, 0.25) is 0 Å². The first kappa shape index (κ1) is 20.0. The van der Waals surface area contributed by atoms with Gasteiger partial charge >= 0.3 is 0 Å². The second-order valence-corrected chi connectivity index (χ2v) is 10.4. The van der Waals surface area contributed by atoms with Crippen LogP contribution in [0.5, 0.6) is 0 Å². The summed E-state index contributed by atoms with van der Waals surface area (Å²) >= 11 is 0. The fourth-order valence-corrected chi connectivity index (χ4v) is 4.26. The van der Waals surface area contributed by atoms with Crippen LogP contribution in [0.4, 0.5) is 10.1 Å². The first-order valence-electron chi connectivity index (χ1n) is 9.53. The van der Waals surface area contributed by atoms with Gasteiger partial charge in [-0.15, -0.1) is 0 Å². The number of benzene rings is 2. The van der Waals surface area contributed by atoms with Crippen molar-refractivity contribution in [3.05, 3.63) is 65.5 Å². The van der Waals surface area contributed by atoms with Crippen molar-refractivity contribution in [1.29, 1.82) is 0 Å². The lowest BCUT2D eigenvalue weighted by Gasteiger charge is -2.38. The second kappa shape index (κ2) is 7.72. The van der Waals surface area contributed by atoms with Crippen LogP contribution < -0.4 is 10.5 Å². The molecule has 3 N–H and O–H groups in total. The number of nitrogens with one attached hydrogen (secondary N) is 1. The van der Waals surface area contributed by atoms with E-state index in [0.717, 1.165) is 29.9 Å². The molecule has 0 heterocycles. The van der Waals surface area contributed by atoms with Crippen molar-refractivity contribution < 1.29 is 8.60 Å². The summed E-state index contributed by atoms with van der Waals surface area (Å²) in [6.07, 6.45) is 4.31. The Hall–Kier alpha value is -1.72. The van der Waals surface area contributed by atoms with Crippen LogP contribution in [-0.2, 0) is 16.5 Å². The van der Waals surface area contributed by atoms with Gasteiger partial charge in [-0.3, -0.25) is 0 Å². The predicted octanol–water partition coefficient (Wildman–Crippen LogP) is 4.89. The summed E-state index contributed by atoms with van der Waals surface area (Å²) in [5.74, 6) is 0.288. The highest BCUT2D eigenvalue weighted by molar-refractivity contribution is 7.84. The van der Waals surface area contributed by atoms with Gasteiger partial charge in [0, 0.05) is 0 Å². The number of nitrogen functional groups attached to an aromatic ring is 1. The van der Waals surface area contributed by atoms with Gasteiger partial charge in [0.15, 0.2) is 0 Å². The lowest BCUT2D eigenvalue weighted by molar-refractivity contribution is 0.415. The van der Waals surface area contributed by atoms with Crippen molar-refractivity contribution in [2.45, 2.75) is 56.7 Å². The molecule has 0 aliphatic heterocycles. The van der Waals surface area contributed by atoms with Crippen LogP contribution in [0.3, 0.4) is 0 Å². The predicted molar refractivity (Wildman–Crippen MR) is 111 cm³/mol. The van der Waals surface area contributed by atoms with Crippen LogP contribution in [0.15, 0.2) is 48.5 Å². The minimum absolute atomic E-state index is 0.113. The molecule has 1 aliphatic rings. The maximum Gasteiger partial charge on any atom is 0.146 e. The molecule has 146 valence electrons. The Labute approximate surface area is 164 Å². The Bertz CT molecular complexity index is 815. The van der Waals surface area contributed by atoms with Crippen LogP contribution in [0.25, 0.3) is 0 Å². The number of nitrogens with two attached hydrogens (primary N) is 1. The molecule has 0 bridgehead atoms. The van der Waals surface area contributed by atoms with E-state index in [1.807, 2.05) is 51.1 Å². The van der Waals surface area contributed by atoms with Crippen molar-refractivity contribution in [2.24, 2.45) is 5.92 Å². The molecule has 0 amide bonds. The van der Waals surface area contributed by atoms with E-state index in [-0.39, 0.29) is 5.69 Å². The maximum absolute atomic E-state index is 13.9. The largest absolute Gasteiger partial charge is 0.396 e. The highest BCUT2D eigenvalue weighted by Crippen LogP contribution is 2.42. The number of anilines is 1. The van der Waals surface area contributed by atoms with E-state index in [1.54, 1.807) is 12.1 Å². The van der Waals surface area contributed by atoms with E-state index in [4.69, 9.17) is 5.73 Å². The molecule has 0 radical (unpaired) electrons. The highest BCUT2D eigenvalue weighted by Gasteiger charge is 2.39. The summed E-state index contributed by atoms with van der Waals surface area (Å²) in [7, 11) is -1.30. The standard InChI is InChI=1S/C22H29FN2OS/c1-21(2,3)27(26)25-22(14-13-16-9-10-16,17-7-5-4-6-8-17)18-11-12-19(23)20(24)15-18/h4-8,11-12,15-16,25H,9-10,13-14,24H2,1-3H3/t22?,27-/m1/s1. The number of rotatable bonds is 7. The van der Waals surface area contributed by atoms with Gasteiger partial charge < -0.3 is 5.73 Å². The molecule has 2 aromatic carbocycles. The average molecular weight is 389 g/mol. The minimum Gasteiger partial charge on any atom is -0.396 e. The third-order valence-electron chi connectivity index (χ3n) is 5.20. The van der Waals surface area contributed by atoms with Crippen LogP contribution in [0, 0.1) is 11.7 Å². The Morgan fingerprint density at radius 3 is 2.33 bits per heavy atom. The summed E-state index contributed by atoms with van der Waals surface area (Å²) < 4.78 is 30.0. The van der Waals surface area contributed by atoms with Crippen molar-refractivity contribution >= 4 is 16.7 Å². The van der Waals surface area contributed by atoms with Gasteiger partial charge in [-0.1, -0.05) is 49.2 Å². The monoisotopic (exact) mass is 388 g/mol. The van der Waals surface area contributed by atoms with Crippen molar-refractivity contribution in [3.8, 4) is 0 Å². The maximum atomic E-state index is 13.9. The third-order valence-corrected chi connectivity index (χ3v) is 6.85. The molecule has 3 rings (SSSR count). The topological polar surface area (TPSA) is 55.1 Å². The smallest absolute Gasteiger partial charge is 0.146 e. The molecule has 1 saturated carbocycles. The van der Waals surface area contributed by atoms with Crippen LogP contribution in [-0.4, -0.2) is 8.96 Å². The van der Waals surface area contributed by atoms with Crippen molar-refractivity contribution in [1.82, 2.24) is 4.72 Å². The zero-order valence-electron chi connectivity index (χ0n) is 16.3. The molecule has 0 spiro atoms. The molecule has 2 atom stereocenters. The third kappa shape index (κ3) is 4.58. The Kier molecular flexibility index (Phi) is 5.73. The van der Waals surface area contributed by atoms with Gasteiger partial charge in [0.25, 0.3) is 0 Å². The average Bonchev–Trinajstić information content (AvgIpc) is 3.45. The summed E-state index contributed by atoms with van der Waals surface area (Å²) in [4.78, 5) is 0. The number of halogens is 1. The van der Waals surface area contributed by atoms with Crippen LogP contribution >= 0.6 is 0 Å². The summed E-state index contributed by atoms with van der Waals surface area (Å²) in [6.45, 7) is 5.85. The van der Waals surface area contributed by atoms with Gasteiger partial charge in [0.2, 0.25) is 0 Å². The first-order valence-corrected chi connectivity index (χ1v) is 10.7. The molecule has 2 aromatic rings. The van der Waals surface area contributed by atoms with Gasteiger partial charge in [-0.2, -0.15) is 0 Å². The lowest BCUT2D eigenvalue weighted by Crippen LogP contribution is -2.49. The van der Waals surface area contributed by atoms with Gasteiger partial charge in [-0.05, 0) is 62.8 Å². The lowest BCUT2D eigenvalue weighted by atomic mass is 9.79. The molecule has 27 heavy (non-hydrogen) atoms. The zero-order valence-corrected chi connectivity index (χ0v) is 17.1. The molecule has 1 unspecified atom stereocenters. The Balaban J connectivity index is 2.13. The van der Waals surface area contributed by atoms with E-state index in [1.165, 1.54) is 18.9 Å². The van der Waals surface area contributed by atoms with E-state index >= 15 is 0 Å². The van der Waals surface area contributed by atoms with E-state index in [2.05, 4.69) is 4.72 Å². The van der Waals surface area contributed by atoms with Gasteiger partial charge in [0.05, 0.1) is 27.0 Å². The summed E-state index contributed by atoms with van der Waals surface area (Å²) in [5.41, 5.74) is 7.21. The Morgan fingerprint density at radius 1 is 1.11 bits per heavy atom. The molecule has 0 aromatic heterocycles. The zero-order chi connectivity index (χ0) is 19.7. The number of hydrogen-bond donors (Lipinski definition) is 2. The second-order valence-electron chi connectivity index (χ2n) is 8.47. The van der Waals surface area contributed by atoms with E-state index in [0.29, 0.717) is 0 Å². The minimum atomic E-state index is -1.30. The van der Waals surface area contributed by atoms with E-state index in [9.17, 15) is 8.60 Å². The quantitative estimate of drug-likeness (QED) is 0.663. The molecular formula is C22H29FN2OS. The molecule has 3 nitrogen and oxygen atoms in total. The van der Waals surface area contributed by atoms with Gasteiger partial charge in [0.1, 0.15) is 5.82 Å². The fraction of sp³-hybridized carbons (Fsp3) is 0.455. The molecular weight excluding hydrogens is 359 g/mol. The Morgan fingerprint density at radius 2 is 1.78 bits per heavy atom. The van der Waals surface area contributed by atoms with Crippen molar-refractivity contribution in [2.75, 3.05) is 5.73 Å². The SMILES string of the molecule is CC(C)(C)[S@@](=O)NC(CCC1CC1)(c1ccccc1)c1ccc(F)c(N)c1. The fourth-order valence-electron chi connectivity index (χ4n) is 3.29. The molecule has 0 saturated heterocycles. The van der Waals surface area contributed by atoms with Crippen LogP contribution in [0.1, 0.15) is 57.6 Å². The number of hydrogen-bond acceptors (Lipinski definition) is 2. The summed E-state index contributed by atoms with van der Waals surface area (Å²) in [5, 5.41) is 0. The molecule has 1 aliphatic carbocycles. The van der Waals surface area contributed by atoms with Crippen molar-refractivity contribution in [3.63, 3.8) is 0 Å². The first-order chi connectivity index (χ1) is 12.7.